The van der Waals surface area contributed by atoms with Crippen LogP contribution in [-0.4, -0.2) is 15.8 Å². The van der Waals surface area contributed by atoms with Gasteiger partial charge < -0.3 is 19.5 Å². The predicted molar refractivity (Wildman–Crippen MR) is 77.5 cm³/mol. The number of carbonyl (C=O) groups is 1. The Balaban J connectivity index is 1.82. The molecular formula is C14H13N3O3S. The number of hydrogen-bond acceptors (Lipinski definition) is 6. The lowest BCUT2D eigenvalue weighted by molar-refractivity contribution is 0.0700. The van der Waals surface area contributed by atoms with E-state index in [9.17, 15) is 4.79 Å². The van der Waals surface area contributed by atoms with E-state index in [0.29, 0.717) is 35.4 Å². The highest BCUT2D eigenvalue weighted by atomic mass is 32.1. The van der Waals surface area contributed by atoms with E-state index >= 15 is 0 Å². The quantitative estimate of drug-likeness (QED) is 0.783. The predicted octanol–water partition coefficient (Wildman–Crippen LogP) is 2.75. The van der Waals surface area contributed by atoms with Crippen LogP contribution in [0.5, 0.6) is 0 Å². The molecule has 3 heterocycles. The molecule has 21 heavy (non-hydrogen) atoms. The molecule has 6 nitrogen and oxygen atoms in total. The molecule has 0 aliphatic heterocycles. The average Bonchev–Trinajstić information content (AvgIpc) is 3.19. The fraction of sp³-hybridized carbons (Fsp3) is 0.143. The summed E-state index contributed by atoms with van der Waals surface area (Å²) < 4.78 is 10.6. The van der Waals surface area contributed by atoms with Gasteiger partial charge >= 0.3 is 0 Å². The van der Waals surface area contributed by atoms with Crippen LogP contribution in [0.15, 0.2) is 51.0 Å². The summed E-state index contributed by atoms with van der Waals surface area (Å²) in [5, 5.41) is 2.02. The fourth-order valence-electron chi connectivity index (χ4n) is 1.93. The van der Waals surface area contributed by atoms with Crippen molar-refractivity contribution in [2.45, 2.75) is 13.1 Å². The van der Waals surface area contributed by atoms with Crippen molar-refractivity contribution in [2.24, 2.45) is 0 Å². The molecule has 1 amide bonds. The lowest BCUT2D eigenvalue weighted by atomic mass is 10.3. The number of hydrogen-bond donors (Lipinski definition) is 1. The summed E-state index contributed by atoms with van der Waals surface area (Å²) in [6, 6.07) is 7.20. The minimum Gasteiger partial charge on any atom is -0.467 e. The van der Waals surface area contributed by atoms with E-state index in [0.717, 1.165) is 0 Å². The lowest BCUT2D eigenvalue weighted by Gasteiger charge is -2.19. The zero-order valence-electron chi connectivity index (χ0n) is 11.1. The third-order valence-corrected chi connectivity index (χ3v) is 3.56. The molecule has 2 N–H and O–H groups in total. The molecule has 108 valence electrons. The lowest BCUT2D eigenvalue weighted by Crippen LogP contribution is -2.30. The van der Waals surface area contributed by atoms with Gasteiger partial charge in [-0.2, -0.15) is 0 Å². The number of nitrogens with zero attached hydrogens (tertiary/aromatic N) is 2. The summed E-state index contributed by atoms with van der Waals surface area (Å²) >= 11 is 1.24. The molecule has 0 aliphatic carbocycles. The van der Waals surface area contributed by atoms with Crippen molar-refractivity contribution < 1.29 is 13.6 Å². The first-order chi connectivity index (χ1) is 10.2. The first kappa shape index (κ1) is 13.4. The summed E-state index contributed by atoms with van der Waals surface area (Å²) in [5.41, 5.74) is 5.92. The van der Waals surface area contributed by atoms with Crippen LogP contribution in [0.2, 0.25) is 0 Å². The Morgan fingerprint density at radius 1 is 1.19 bits per heavy atom. The largest absolute Gasteiger partial charge is 0.467 e. The number of nitrogen functional groups attached to an aromatic ring is 1. The molecule has 0 atom stereocenters. The van der Waals surface area contributed by atoms with Gasteiger partial charge in [0, 0.05) is 5.38 Å². The van der Waals surface area contributed by atoms with E-state index in [1.165, 1.54) is 11.3 Å². The Hall–Kier alpha value is -2.54. The van der Waals surface area contributed by atoms with Crippen LogP contribution >= 0.6 is 11.3 Å². The van der Waals surface area contributed by atoms with Crippen molar-refractivity contribution in [3.05, 3.63) is 59.4 Å². The Bertz CT molecular complexity index is 668. The molecule has 0 radical (unpaired) electrons. The van der Waals surface area contributed by atoms with Crippen LogP contribution in [0.4, 0.5) is 5.13 Å². The number of aromatic nitrogens is 1. The van der Waals surface area contributed by atoms with Crippen LogP contribution in [0.25, 0.3) is 0 Å². The second-order valence-corrected chi connectivity index (χ2v) is 5.28. The second-order valence-electron chi connectivity index (χ2n) is 4.39. The first-order valence-corrected chi connectivity index (χ1v) is 7.15. The molecule has 0 fully saturated rings. The second kappa shape index (κ2) is 5.84. The van der Waals surface area contributed by atoms with E-state index < -0.39 is 0 Å². The van der Waals surface area contributed by atoms with Gasteiger partial charge in [0.05, 0.1) is 25.6 Å². The van der Waals surface area contributed by atoms with Crippen molar-refractivity contribution in [3.63, 3.8) is 0 Å². The zero-order chi connectivity index (χ0) is 14.7. The molecule has 7 heteroatoms. The first-order valence-electron chi connectivity index (χ1n) is 6.27. The van der Waals surface area contributed by atoms with Crippen LogP contribution in [-0.2, 0) is 13.1 Å². The zero-order valence-corrected chi connectivity index (χ0v) is 11.9. The van der Waals surface area contributed by atoms with Crippen molar-refractivity contribution >= 4 is 22.4 Å². The van der Waals surface area contributed by atoms with Gasteiger partial charge in [-0.3, -0.25) is 4.79 Å². The molecular weight excluding hydrogens is 290 g/mol. The van der Waals surface area contributed by atoms with Crippen LogP contribution in [0, 0.1) is 0 Å². The van der Waals surface area contributed by atoms with Crippen molar-refractivity contribution in [1.29, 1.82) is 0 Å². The Morgan fingerprint density at radius 2 is 1.81 bits per heavy atom. The molecule has 0 saturated carbocycles. The minimum absolute atomic E-state index is 0.212. The van der Waals surface area contributed by atoms with E-state index in [1.54, 1.807) is 34.9 Å². The molecule has 3 aromatic heterocycles. The molecule has 0 unspecified atom stereocenters. The number of nitrogens with two attached hydrogens (primary N) is 1. The molecule has 0 aliphatic rings. The monoisotopic (exact) mass is 303 g/mol. The smallest absolute Gasteiger partial charge is 0.274 e. The highest BCUT2D eigenvalue weighted by molar-refractivity contribution is 7.13. The maximum atomic E-state index is 12.5. The van der Waals surface area contributed by atoms with E-state index in [-0.39, 0.29) is 5.91 Å². The van der Waals surface area contributed by atoms with Gasteiger partial charge in [-0.15, -0.1) is 11.3 Å². The van der Waals surface area contributed by atoms with Gasteiger partial charge in [0.25, 0.3) is 5.91 Å². The molecule has 0 spiro atoms. The number of amides is 1. The van der Waals surface area contributed by atoms with Crippen molar-refractivity contribution in [3.8, 4) is 0 Å². The van der Waals surface area contributed by atoms with Crippen LogP contribution in [0.1, 0.15) is 22.0 Å². The Kier molecular flexibility index (Phi) is 3.74. The van der Waals surface area contributed by atoms with E-state index in [4.69, 9.17) is 14.6 Å². The summed E-state index contributed by atoms with van der Waals surface area (Å²) in [4.78, 5) is 18.2. The molecule has 3 rings (SSSR count). The van der Waals surface area contributed by atoms with Crippen LogP contribution < -0.4 is 5.73 Å². The molecule has 3 aromatic rings. The molecule has 0 saturated heterocycles. The van der Waals surface area contributed by atoms with E-state index in [1.807, 2.05) is 12.1 Å². The fourth-order valence-corrected chi connectivity index (χ4v) is 2.47. The summed E-state index contributed by atoms with van der Waals surface area (Å²) in [6.07, 6.45) is 3.15. The summed E-state index contributed by atoms with van der Waals surface area (Å²) in [5.74, 6) is 1.17. The highest BCUT2D eigenvalue weighted by Crippen LogP contribution is 2.17. The maximum Gasteiger partial charge on any atom is 0.274 e. The summed E-state index contributed by atoms with van der Waals surface area (Å²) in [6.45, 7) is 0.675. The number of anilines is 1. The van der Waals surface area contributed by atoms with Gasteiger partial charge in [-0.1, -0.05) is 0 Å². The Labute approximate surface area is 124 Å². The maximum absolute atomic E-state index is 12.5. The van der Waals surface area contributed by atoms with Crippen molar-refractivity contribution in [2.75, 3.05) is 5.73 Å². The third-order valence-electron chi connectivity index (χ3n) is 2.88. The number of carbonyl (C=O) groups excluding carboxylic acids is 1. The number of rotatable bonds is 5. The standard InChI is InChI=1S/C14H13N3O3S/c15-14-16-12(9-21-14)13(18)17(7-10-3-1-5-19-10)8-11-4-2-6-20-11/h1-6,9H,7-8H2,(H2,15,16). The topological polar surface area (TPSA) is 85.5 Å². The number of furan rings is 2. The Morgan fingerprint density at radius 3 is 2.24 bits per heavy atom. The van der Waals surface area contributed by atoms with Crippen molar-refractivity contribution in [1.82, 2.24) is 9.88 Å². The van der Waals surface area contributed by atoms with E-state index in [2.05, 4.69) is 4.98 Å². The minimum atomic E-state index is -0.212. The molecule has 0 aromatic carbocycles. The SMILES string of the molecule is Nc1nc(C(=O)N(Cc2ccco2)Cc2ccco2)cs1. The average molecular weight is 303 g/mol. The third kappa shape index (κ3) is 3.14. The van der Waals surface area contributed by atoms with Gasteiger partial charge in [0.2, 0.25) is 0 Å². The van der Waals surface area contributed by atoms with Crippen LogP contribution in [0.3, 0.4) is 0 Å². The normalized spacial score (nSPS) is 10.7. The number of thiazole rings is 1. The summed E-state index contributed by atoms with van der Waals surface area (Å²) in [7, 11) is 0. The van der Waals surface area contributed by atoms with Gasteiger partial charge in [0.15, 0.2) is 5.13 Å². The van der Waals surface area contributed by atoms with Gasteiger partial charge in [0.1, 0.15) is 17.2 Å². The van der Waals surface area contributed by atoms with Gasteiger partial charge in [-0.25, -0.2) is 4.98 Å². The molecule has 0 bridgehead atoms. The highest BCUT2D eigenvalue weighted by Gasteiger charge is 2.21. The van der Waals surface area contributed by atoms with Gasteiger partial charge in [-0.05, 0) is 24.3 Å².